The molecule has 0 heterocycles. The standard InChI is InChI=1S/C20H30O3/c1-20(2,3)23-19(21)15-22-14-13-16-9-11-18(12-10-16)17-7-5-4-6-8-17/h9-12,17H,4-8,13-15H2,1-3H3. The summed E-state index contributed by atoms with van der Waals surface area (Å²) < 4.78 is 10.6. The van der Waals surface area contributed by atoms with Gasteiger partial charge in [-0.05, 0) is 57.1 Å². The van der Waals surface area contributed by atoms with Crippen molar-refractivity contribution in [2.45, 2.75) is 70.8 Å². The molecule has 0 bridgehead atoms. The minimum atomic E-state index is -0.449. The summed E-state index contributed by atoms with van der Waals surface area (Å²) in [6.07, 6.45) is 7.61. The van der Waals surface area contributed by atoms with E-state index in [1.54, 1.807) is 0 Å². The van der Waals surface area contributed by atoms with Crippen LogP contribution in [0.25, 0.3) is 0 Å². The second-order valence-corrected chi connectivity index (χ2v) is 7.47. The van der Waals surface area contributed by atoms with Crippen molar-refractivity contribution in [3.05, 3.63) is 35.4 Å². The van der Waals surface area contributed by atoms with Crippen molar-refractivity contribution >= 4 is 5.97 Å². The topological polar surface area (TPSA) is 35.5 Å². The molecule has 1 aromatic rings. The van der Waals surface area contributed by atoms with Gasteiger partial charge in [0.2, 0.25) is 0 Å². The second kappa shape index (κ2) is 8.49. The number of esters is 1. The molecule has 128 valence electrons. The van der Waals surface area contributed by atoms with E-state index in [0.717, 1.165) is 12.3 Å². The van der Waals surface area contributed by atoms with Crippen LogP contribution in [0.1, 0.15) is 69.9 Å². The van der Waals surface area contributed by atoms with Gasteiger partial charge >= 0.3 is 5.97 Å². The summed E-state index contributed by atoms with van der Waals surface area (Å²) in [4.78, 5) is 11.5. The molecule has 23 heavy (non-hydrogen) atoms. The van der Waals surface area contributed by atoms with Crippen LogP contribution >= 0.6 is 0 Å². The molecule has 0 aromatic heterocycles. The highest BCUT2D eigenvalue weighted by Crippen LogP contribution is 2.32. The predicted molar refractivity (Wildman–Crippen MR) is 92.6 cm³/mol. The maximum Gasteiger partial charge on any atom is 0.332 e. The molecule has 0 saturated heterocycles. The molecule has 1 aromatic carbocycles. The highest BCUT2D eigenvalue weighted by atomic mass is 16.6. The summed E-state index contributed by atoms with van der Waals surface area (Å²) in [5.74, 6) is 0.450. The summed E-state index contributed by atoms with van der Waals surface area (Å²) in [5.41, 5.74) is 2.28. The van der Waals surface area contributed by atoms with E-state index in [9.17, 15) is 4.79 Å². The van der Waals surface area contributed by atoms with Gasteiger partial charge in [0.25, 0.3) is 0 Å². The first kappa shape index (κ1) is 18.0. The fourth-order valence-electron chi connectivity index (χ4n) is 3.11. The van der Waals surface area contributed by atoms with E-state index >= 15 is 0 Å². The average molecular weight is 318 g/mol. The first-order chi connectivity index (χ1) is 10.9. The summed E-state index contributed by atoms with van der Waals surface area (Å²) in [6.45, 7) is 6.15. The molecule has 0 unspecified atom stereocenters. The maximum absolute atomic E-state index is 11.5. The number of ether oxygens (including phenoxy) is 2. The smallest absolute Gasteiger partial charge is 0.332 e. The lowest BCUT2D eigenvalue weighted by molar-refractivity contribution is -0.160. The SMILES string of the molecule is CC(C)(C)OC(=O)COCCc1ccc(C2CCCCC2)cc1. The Balaban J connectivity index is 1.69. The Hall–Kier alpha value is -1.35. The fraction of sp³-hybridized carbons (Fsp3) is 0.650. The van der Waals surface area contributed by atoms with Gasteiger partial charge < -0.3 is 9.47 Å². The third kappa shape index (κ3) is 6.74. The van der Waals surface area contributed by atoms with Crippen LogP contribution in [0.2, 0.25) is 0 Å². The van der Waals surface area contributed by atoms with Crippen molar-refractivity contribution in [3.63, 3.8) is 0 Å². The molecule has 1 saturated carbocycles. The van der Waals surface area contributed by atoms with Crippen LogP contribution in [-0.4, -0.2) is 24.8 Å². The van der Waals surface area contributed by atoms with Crippen LogP contribution in [0.3, 0.4) is 0 Å². The zero-order valence-corrected chi connectivity index (χ0v) is 14.8. The Morgan fingerprint density at radius 1 is 1.09 bits per heavy atom. The number of hydrogen-bond donors (Lipinski definition) is 0. The quantitative estimate of drug-likeness (QED) is 0.566. The van der Waals surface area contributed by atoms with E-state index < -0.39 is 5.60 Å². The highest BCUT2D eigenvalue weighted by molar-refractivity contribution is 5.71. The molecule has 2 rings (SSSR count). The van der Waals surface area contributed by atoms with Crippen molar-refractivity contribution in [1.29, 1.82) is 0 Å². The summed E-state index contributed by atoms with van der Waals surface area (Å²) in [5, 5.41) is 0. The van der Waals surface area contributed by atoms with Crippen molar-refractivity contribution in [3.8, 4) is 0 Å². The molecule has 3 nitrogen and oxygen atoms in total. The Morgan fingerprint density at radius 2 is 1.74 bits per heavy atom. The van der Waals surface area contributed by atoms with E-state index in [2.05, 4.69) is 24.3 Å². The number of hydrogen-bond acceptors (Lipinski definition) is 3. The zero-order chi connectivity index (χ0) is 16.7. The van der Waals surface area contributed by atoms with Gasteiger partial charge in [0.05, 0.1) is 6.61 Å². The van der Waals surface area contributed by atoms with Crippen LogP contribution in [-0.2, 0) is 20.7 Å². The molecular formula is C20H30O3. The van der Waals surface area contributed by atoms with Crippen LogP contribution < -0.4 is 0 Å². The molecule has 0 N–H and O–H groups in total. The van der Waals surface area contributed by atoms with Crippen molar-refractivity contribution in [2.24, 2.45) is 0 Å². The minimum Gasteiger partial charge on any atom is -0.458 e. The minimum absolute atomic E-state index is 0.0252. The predicted octanol–water partition coefficient (Wildman–Crippen LogP) is 4.64. The third-order valence-corrected chi connectivity index (χ3v) is 4.23. The van der Waals surface area contributed by atoms with Gasteiger partial charge in [0.1, 0.15) is 12.2 Å². The van der Waals surface area contributed by atoms with Crippen LogP contribution in [0.15, 0.2) is 24.3 Å². The number of carbonyl (C=O) groups excluding carboxylic acids is 1. The molecule has 1 aliphatic carbocycles. The lowest BCUT2D eigenvalue weighted by Crippen LogP contribution is -2.26. The second-order valence-electron chi connectivity index (χ2n) is 7.47. The van der Waals surface area contributed by atoms with Gasteiger partial charge in [0, 0.05) is 0 Å². The normalized spacial score (nSPS) is 16.3. The fourth-order valence-corrected chi connectivity index (χ4v) is 3.11. The molecule has 0 aliphatic heterocycles. The highest BCUT2D eigenvalue weighted by Gasteiger charge is 2.16. The van der Waals surface area contributed by atoms with E-state index in [0.29, 0.717) is 6.61 Å². The summed E-state index contributed by atoms with van der Waals surface area (Å²) in [6, 6.07) is 8.92. The Morgan fingerprint density at radius 3 is 2.35 bits per heavy atom. The van der Waals surface area contributed by atoms with E-state index in [1.807, 2.05) is 20.8 Å². The number of rotatable bonds is 6. The Bertz CT molecular complexity index is 479. The largest absolute Gasteiger partial charge is 0.458 e. The first-order valence-corrected chi connectivity index (χ1v) is 8.82. The van der Waals surface area contributed by atoms with Crippen LogP contribution in [0, 0.1) is 0 Å². The molecule has 0 amide bonds. The summed E-state index contributed by atoms with van der Waals surface area (Å²) >= 11 is 0. The van der Waals surface area contributed by atoms with Crippen LogP contribution in [0.5, 0.6) is 0 Å². The molecule has 1 aliphatic rings. The monoisotopic (exact) mass is 318 g/mol. The summed E-state index contributed by atoms with van der Waals surface area (Å²) in [7, 11) is 0. The van der Waals surface area contributed by atoms with Gasteiger partial charge in [-0.1, -0.05) is 43.5 Å². The average Bonchev–Trinajstić information content (AvgIpc) is 2.51. The molecule has 0 atom stereocenters. The lowest BCUT2D eigenvalue weighted by atomic mass is 9.84. The van der Waals surface area contributed by atoms with E-state index in [4.69, 9.17) is 9.47 Å². The number of benzene rings is 1. The van der Waals surface area contributed by atoms with Crippen molar-refractivity contribution in [1.82, 2.24) is 0 Å². The van der Waals surface area contributed by atoms with Gasteiger partial charge in [0.15, 0.2) is 0 Å². The van der Waals surface area contributed by atoms with Gasteiger partial charge in [-0.3, -0.25) is 0 Å². The lowest BCUT2D eigenvalue weighted by Gasteiger charge is -2.22. The zero-order valence-electron chi connectivity index (χ0n) is 14.8. The van der Waals surface area contributed by atoms with Gasteiger partial charge in [-0.15, -0.1) is 0 Å². The van der Waals surface area contributed by atoms with E-state index in [1.165, 1.54) is 43.2 Å². The van der Waals surface area contributed by atoms with Crippen molar-refractivity contribution < 1.29 is 14.3 Å². The molecule has 3 heteroatoms. The Kier molecular flexibility index (Phi) is 6.64. The molecule has 0 spiro atoms. The van der Waals surface area contributed by atoms with Gasteiger partial charge in [-0.25, -0.2) is 4.79 Å². The van der Waals surface area contributed by atoms with E-state index in [-0.39, 0.29) is 12.6 Å². The molecule has 1 fully saturated rings. The third-order valence-electron chi connectivity index (χ3n) is 4.23. The first-order valence-electron chi connectivity index (χ1n) is 8.82. The van der Waals surface area contributed by atoms with Crippen LogP contribution in [0.4, 0.5) is 0 Å². The number of carbonyl (C=O) groups is 1. The van der Waals surface area contributed by atoms with Crippen molar-refractivity contribution in [2.75, 3.05) is 13.2 Å². The molecular weight excluding hydrogens is 288 g/mol. The van der Waals surface area contributed by atoms with Gasteiger partial charge in [-0.2, -0.15) is 0 Å². The molecule has 0 radical (unpaired) electrons. The Labute approximate surface area is 140 Å². The maximum atomic E-state index is 11.5.